The minimum atomic E-state index is -0.382. The summed E-state index contributed by atoms with van der Waals surface area (Å²) in [5.41, 5.74) is 1.28. The molecule has 0 radical (unpaired) electrons. The molecule has 0 spiro atoms. The van der Waals surface area contributed by atoms with Gasteiger partial charge in [-0.2, -0.15) is 4.37 Å². The Morgan fingerprint density at radius 3 is 2.65 bits per heavy atom. The Morgan fingerprint density at radius 1 is 1.47 bits per heavy atom. The maximum Gasteiger partial charge on any atom is 0.242 e. The van der Waals surface area contributed by atoms with E-state index in [0.29, 0.717) is 22.8 Å². The van der Waals surface area contributed by atoms with Crippen molar-refractivity contribution in [2.75, 3.05) is 11.9 Å². The molecule has 1 heterocycles. The fourth-order valence-electron chi connectivity index (χ4n) is 1.47. The van der Waals surface area contributed by atoms with Crippen molar-refractivity contribution in [3.05, 3.63) is 11.3 Å². The molecule has 1 rings (SSSR count). The number of aromatic nitrogens is 1. The van der Waals surface area contributed by atoms with Crippen molar-refractivity contribution in [1.29, 1.82) is 0 Å². The zero-order chi connectivity index (χ0) is 13.0. The van der Waals surface area contributed by atoms with E-state index in [0.717, 1.165) is 0 Å². The molecule has 17 heavy (non-hydrogen) atoms. The Bertz CT molecular complexity index is 428. The minimum Gasteiger partial charge on any atom is -0.364 e. The van der Waals surface area contributed by atoms with Crippen LogP contribution in [-0.4, -0.2) is 28.7 Å². The molecule has 1 aromatic rings. The Hall–Kier alpha value is -1.43. The summed E-state index contributed by atoms with van der Waals surface area (Å²) in [5, 5.41) is 6.40. The van der Waals surface area contributed by atoms with Gasteiger partial charge in [0.05, 0.1) is 11.3 Å². The molecule has 0 fully saturated rings. The molecule has 0 aliphatic carbocycles. The largest absolute Gasteiger partial charge is 0.364 e. The third-order valence-electron chi connectivity index (χ3n) is 2.31. The number of hydrogen-bond acceptors (Lipinski definition) is 5. The van der Waals surface area contributed by atoms with Crippen molar-refractivity contribution in [2.45, 2.75) is 33.7 Å². The van der Waals surface area contributed by atoms with Crippen LogP contribution in [0.25, 0.3) is 0 Å². The monoisotopic (exact) mass is 255 g/mol. The molecule has 0 bridgehead atoms. The molecule has 0 aliphatic heterocycles. The maximum absolute atomic E-state index is 11.6. The molecule has 1 aromatic heterocycles. The zero-order valence-corrected chi connectivity index (χ0v) is 11.3. The molecule has 0 saturated carbocycles. The summed E-state index contributed by atoms with van der Waals surface area (Å²) >= 11 is 1.21. The number of nitrogens with one attached hydrogen (secondary N) is 2. The average Bonchev–Trinajstić information content (AvgIpc) is 2.60. The van der Waals surface area contributed by atoms with Crippen LogP contribution in [0.3, 0.4) is 0 Å². The highest BCUT2D eigenvalue weighted by Crippen LogP contribution is 2.25. The quantitative estimate of drug-likeness (QED) is 0.784. The first kappa shape index (κ1) is 13.6. The SMILES string of the molecule is CCNC(=O)C(C)Nc1snc(C)c1C(C)=O. The van der Waals surface area contributed by atoms with Crippen molar-refractivity contribution < 1.29 is 9.59 Å². The van der Waals surface area contributed by atoms with Crippen LogP contribution in [0, 0.1) is 6.92 Å². The predicted octanol–water partition coefficient (Wildman–Crippen LogP) is 1.59. The Labute approximate surface area is 105 Å². The topological polar surface area (TPSA) is 71.1 Å². The van der Waals surface area contributed by atoms with Crippen LogP contribution in [0.2, 0.25) is 0 Å². The Morgan fingerprint density at radius 2 is 2.12 bits per heavy atom. The Kier molecular flexibility index (Phi) is 4.62. The second-order valence-corrected chi connectivity index (χ2v) is 4.56. The van der Waals surface area contributed by atoms with E-state index in [1.807, 2.05) is 6.92 Å². The lowest BCUT2D eigenvalue weighted by Crippen LogP contribution is -2.37. The maximum atomic E-state index is 11.6. The van der Waals surface area contributed by atoms with Crippen LogP contribution < -0.4 is 10.6 Å². The van der Waals surface area contributed by atoms with E-state index < -0.39 is 0 Å². The van der Waals surface area contributed by atoms with Gasteiger partial charge >= 0.3 is 0 Å². The number of ketones is 1. The van der Waals surface area contributed by atoms with Gasteiger partial charge in [0.1, 0.15) is 11.0 Å². The van der Waals surface area contributed by atoms with Crippen molar-refractivity contribution >= 4 is 28.2 Å². The van der Waals surface area contributed by atoms with Gasteiger partial charge in [-0.1, -0.05) is 0 Å². The van der Waals surface area contributed by atoms with Gasteiger partial charge in [0.2, 0.25) is 5.91 Å². The number of aryl methyl sites for hydroxylation is 1. The highest BCUT2D eigenvalue weighted by atomic mass is 32.1. The normalized spacial score (nSPS) is 12.0. The first-order valence-corrected chi connectivity index (χ1v) is 6.26. The number of hydrogen-bond donors (Lipinski definition) is 2. The number of rotatable bonds is 5. The number of Topliss-reactive ketones (excluding diaryl/α,β-unsaturated/α-hetero) is 1. The van der Waals surface area contributed by atoms with Crippen LogP contribution in [-0.2, 0) is 4.79 Å². The first-order valence-electron chi connectivity index (χ1n) is 5.48. The van der Waals surface area contributed by atoms with Crippen LogP contribution in [0.15, 0.2) is 0 Å². The molecule has 1 amide bonds. The molecule has 0 aromatic carbocycles. The highest BCUT2D eigenvalue weighted by molar-refractivity contribution is 7.10. The third-order valence-corrected chi connectivity index (χ3v) is 3.18. The molecule has 0 saturated heterocycles. The first-order chi connectivity index (χ1) is 7.97. The summed E-state index contributed by atoms with van der Waals surface area (Å²) < 4.78 is 4.12. The summed E-state index contributed by atoms with van der Waals surface area (Å²) in [6, 6.07) is -0.382. The molecular weight excluding hydrogens is 238 g/mol. The van der Waals surface area contributed by atoms with Crippen LogP contribution in [0.5, 0.6) is 0 Å². The lowest BCUT2D eigenvalue weighted by molar-refractivity contribution is -0.121. The van der Waals surface area contributed by atoms with E-state index in [1.54, 1.807) is 13.8 Å². The summed E-state index contributed by atoms with van der Waals surface area (Å²) in [6.45, 7) is 7.49. The van der Waals surface area contributed by atoms with Gasteiger partial charge in [-0.15, -0.1) is 0 Å². The summed E-state index contributed by atoms with van der Waals surface area (Å²) in [4.78, 5) is 23.0. The molecule has 6 heteroatoms. The van der Waals surface area contributed by atoms with Gasteiger partial charge in [-0.05, 0) is 39.2 Å². The van der Waals surface area contributed by atoms with Crippen molar-refractivity contribution in [2.24, 2.45) is 0 Å². The van der Waals surface area contributed by atoms with E-state index >= 15 is 0 Å². The van der Waals surface area contributed by atoms with Crippen molar-refractivity contribution in [1.82, 2.24) is 9.69 Å². The average molecular weight is 255 g/mol. The van der Waals surface area contributed by atoms with Gasteiger partial charge < -0.3 is 10.6 Å². The van der Waals surface area contributed by atoms with E-state index in [4.69, 9.17) is 0 Å². The lowest BCUT2D eigenvalue weighted by atomic mass is 10.2. The highest BCUT2D eigenvalue weighted by Gasteiger charge is 2.19. The molecule has 0 aliphatic rings. The van der Waals surface area contributed by atoms with E-state index in [1.165, 1.54) is 18.5 Å². The number of amides is 1. The van der Waals surface area contributed by atoms with E-state index in [9.17, 15) is 9.59 Å². The summed E-state index contributed by atoms with van der Waals surface area (Å²) in [5.74, 6) is -0.130. The second-order valence-electron chi connectivity index (χ2n) is 3.79. The predicted molar refractivity (Wildman–Crippen MR) is 68.6 cm³/mol. The number of anilines is 1. The smallest absolute Gasteiger partial charge is 0.242 e. The Balaban J connectivity index is 2.81. The molecule has 1 atom stereocenters. The number of carbonyl (C=O) groups excluding carboxylic acids is 2. The minimum absolute atomic E-state index is 0.0400. The van der Waals surface area contributed by atoms with Crippen LogP contribution >= 0.6 is 11.5 Å². The van der Waals surface area contributed by atoms with Crippen LogP contribution in [0.1, 0.15) is 36.8 Å². The van der Waals surface area contributed by atoms with E-state index in [2.05, 4.69) is 15.0 Å². The fourth-order valence-corrected chi connectivity index (χ4v) is 2.40. The summed E-state index contributed by atoms with van der Waals surface area (Å²) in [7, 11) is 0. The molecule has 5 nitrogen and oxygen atoms in total. The summed E-state index contributed by atoms with van der Waals surface area (Å²) in [6.07, 6.45) is 0. The van der Waals surface area contributed by atoms with Gasteiger partial charge in [-0.25, -0.2) is 0 Å². The van der Waals surface area contributed by atoms with Crippen molar-refractivity contribution in [3.63, 3.8) is 0 Å². The number of nitrogens with zero attached hydrogens (tertiary/aromatic N) is 1. The van der Waals surface area contributed by atoms with E-state index in [-0.39, 0.29) is 17.7 Å². The third kappa shape index (κ3) is 3.26. The van der Waals surface area contributed by atoms with Gasteiger partial charge in [-0.3, -0.25) is 9.59 Å². The van der Waals surface area contributed by atoms with Crippen LogP contribution in [0.4, 0.5) is 5.00 Å². The lowest BCUT2D eigenvalue weighted by Gasteiger charge is -2.13. The zero-order valence-electron chi connectivity index (χ0n) is 10.5. The molecule has 1 unspecified atom stereocenters. The molecule has 94 valence electrons. The molecule has 2 N–H and O–H groups in total. The fraction of sp³-hybridized carbons (Fsp3) is 0.545. The van der Waals surface area contributed by atoms with Gasteiger partial charge in [0.15, 0.2) is 5.78 Å². The standard InChI is InChI=1S/C11H17N3O2S/c1-5-12-10(16)7(3)13-11-9(8(4)15)6(2)14-17-11/h7,13H,5H2,1-4H3,(H,12,16). The van der Waals surface area contributed by atoms with Gasteiger partial charge in [0, 0.05) is 6.54 Å². The van der Waals surface area contributed by atoms with Crippen molar-refractivity contribution in [3.8, 4) is 0 Å². The van der Waals surface area contributed by atoms with Gasteiger partial charge in [0.25, 0.3) is 0 Å². The number of likely N-dealkylation sites (N-methyl/N-ethyl adjacent to an activating group) is 1. The molecular formula is C11H17N3O2S. The number of carbonyl (C=O) groups is 2. The second kappa shape index (κ2) is 5.77.